The highest BCUT2D eigenvalue weighted by Gasteiger charge is 2.24. The lowest BCUT2D eigenvalue weighted by Gasteiger charge is -2.20. The molecule has 0 aromatic carbocycles. The molecule has 0 spiro atoms. The number of amides is 2. The van der Waals surface area contributed by atoms with Crippen molar-refractivity contribution in [1.29, 1.82) is 0 Å². The van der Waals surface area contributed by atoms with E-state index in [0.717, 1.165) is 19.5 Å². The summed E-state index contributed by atoms with van der Waals surface area (Å²) in [6, 6.07) is 0.416. The Labute approximate surface area is 127 Å². The zero-order valence-electron chi connectivity index (χ0n) is 13.4. The standard InChI is InChI=1S/C15H29N3O3/c1-11(2)18-7-6-13(10-18)9-17-15(21)16-8-12(3)4-5-14(19)20/h11-13H,4-10H2,1-3H3,(H,19,20)(H2,16,17,21). The van der Waals surface area contributed by atoms with E-state index in [-0.39, 0.29) is 18.4 Å². The van der Waals surface area contributed by atoms with Crippen molar-refractivity contribution in [3.8, 4) is 0 Å². The van der Waals surface area contributed by atoms with E-state index in [1.807, 2.05) is 6.92 Å². The molecule has 2 atom stereocenters. The first-order chi connectivity index (χ1) is 9.88. The van der Waals surface area contributed by atoms with Gasteiger partial charge < -0.3 is 20.6 Å². The molecule has 3 N–H and O–H groups in total. The number of nitrogens with zero attached hydrogens (tertiary/aromatic N) is 1. The first kappa shape index (κ1) is 17.8. The summed E-state index contributed by atoms with van der Waals surface area (Å²) in [5.41, 5.74) is 0. The molecule has 2 amide bonds. The Morgan fingerprint density at radius 1 is 1.29 bits per heavy atom. The van der Waals surface area contributed by atoms with E-state index in [1.54, 1.807) is 0 Å². The lowest BCUT2D eigenvalue weighted by Crippen LogP contribution is -2.40. The molecule has 1 fully saturated rings. The second kappa shape index (κ2) is 8.87. The minimum absolute atomic E-state index is 0.150. The van der Waals surface area contributed by atoms with Crippen molar-refractivity contribution in [3.63, 3.8) is 0 Å². The van der Waals surface area contributed by atoms with Crippen LogP contribution in [0.1, 0.15) is 40.0 Å². The highest BCUT2D eigenvalue weighted by molar-refractivity contribution is 5.73. The largest absolute Gasteiger partial charge is 0.481 e. The van der Waals surface area contributed by atoms with Gasteiger partial charge in [-0.25, -0.2) is 4.79 Å². The molecule has 1 aliphatic rings. The Balaban J connectivity index is 2.10. The van der Waals surface area contributed by atoms with Crippen LogP contribution in [0, 0.1) is 11.8 Å². The van der Waals surface area contributed by atoms with Gasteiger partial charge in [-0.2, -0.15) is 0 Å². The number of carbonyl (C=O) groups is 2. The quantitative estimate of drug-likeness (QED) is 0.634. The maximum atomic E-state index is 11.7. The lowest BCUT2D eigenvalue weighted by atomic mass is 10.1. The minimum Gasteiger partial charge on any atom is -0.481 e. The van der Waals surface area contributed by atoms with E-state index in [4.69, 9.17) is 5.11 Å². The van der Waals surface area contributed by atoms with Crippen LogP contribution in [0.15, 0.2) is 0 Å². The van der Waals surface area contributed by atoms with Crippen LogP contribution in [-0.2, 0) is 4.79 Å². The van der Waals surface area contributed by atoms with Crippen molar-refractivity contribution in [2.45, 2.75) is 46.1 Å². The summed E-state index contributed by atoms with van der Waals surface area (Å²) >= 11 is 0. The van der Waals surface area contributed by atoms with Gasteiger partial charge in [0.1, 0.15) is 0 Å². The molecule has 6 heteroatoms. The van der Waals surface area contributed by atoms with Crippen molar-refractivity contribution < 1.29 is 14.7 Å². The molecule has 1 rings (SSSR count). The van der Waals surface area contributed by atoms with E-state index in [1.165, 1.54) is 0 Å². The smallest absolute Gasteiger partial charge is 0.314 e. The van der Waals surface area contributed by atoms with Crippen LogP contribution in [0.4, 0.5) is 4.79 Å². The Kier molecular flexibility index (Phi) is 7.50. The molecule has 6 nitrogen and oxygen atoms in total. The van der Waals surface area contributed by atoms with Crippen molar-refractivity contribution >= 4 is 12.0 Å². The molecule has 0 bridgehead atoms. The number of likely N-dealkylation sites (tertiary alicyclic amines) is 1. The topological polar surface area (TPSA) is 81.7 Å². The molecule has 122 valence electrons. The predicted molar refractivity (Wildman–Crippen MR) is 82.3 cm³/mol. The number of carboxylic acid groups (broad SMARTS) is 1. The minimum atomic E-state index is -0.790. The maximum Gasteiger partial charge on any atom is 0.314 e. The number of hydrogen-bond donors (Lipinski definition) is 3. The summed E-state index contributed by atoms with van der Waals surface area (Å²) in [5, 5.41) is 14.3. The fourth-order valence-electron chi connectivity index (χ4n) is 2.54. The van der Waals surface area contributed by atoms with Gasteiger partial charge >= 0.3 is 12.0 Å². The van der Waals surface area contributed by atoms with E-state index in [2.05, 4.69) is 29.4 Å². The fraction of sp³-hybridized carbons (Fsp3) is 0.867. The zero-order chi connectivity index (χ0) is 15.8. The number of aliphatic carboxylic acids is 1. The molecule has 0 radical (unpaired) electrons. The molecule has 2 unspecified atom stereocenters. The van der Waals surface area contributed by atoms with Crippen molar-refractivity contribution in [3.05, 3.63) is 0 Å². The zero-order valence-corrected chi connectivity index (χ0v) is 13.4. The van der Waals surface area contributed by atoms with Crippen LogP contribution >= 0.6 is 0 Å². The van der Waals surface area contributed by atoms with Crippen LogP contribution < -0.4 is 10.6 Å². The Hall–Kier alpha value is -1.30. The maximum absolute atomic E-state index is 11.7. The molecule has 21 heavy (non-hydrogen) atoms. The SMILES string of the molecule is CC(CCC(=O)O)CNC(=O)NCC1CCN(C(C)C)C1. The average molecular weight is 299 g/mol. The number of rotatable bonds is 8. The third kappa shape index (κ3) is 7.32. The number of nitrogens with one attached hydrogen (secondary N) is 2. The lowest BCUT2D eigenvalue weighted by molar-refractivity contribution is -0.137. The van der Waals surface area contributed by atoms with Crippen LogP contribution in [0.2, 0.25) is 0 Å². The first-order valence-corrected chi connectivity index (χ1v) is 7.86. The van der Waals surface area contributed by atoms with Gasteiger partial charge in [0.2, 0.25) is 0 Å². The molecule has 0 aromatic rings. The van der Waals surface area contributed by atoms with Gasteiger partial charge in [0.25, 0.3) is 0 Å². The Bertz CT molecular complexity index is 347. The fourth-order valence-corrected chi connectivity index (χ4v) is 2.54. The van der Waals surface area contributed by atoms with Crippen LogP contribution in [-0.4, -0.2) is 54.2 Å². The molecule has 1 aliphatic heterocycles. The number of urea groups is 1. The second-order valence-corrected chi connectivity index (χ2v) is 6.37. The van der Waals surface area contributed by atoms with E-state index < -0.39 is 5.97 Å². The highest BCUT2D eigenvalue weighted by Crippen LogP contribution is 2.17. The Morgan fingerprint density at radius 2 is 2.00 bits per heavy atom. The summed E-state index contributed by atoms with van der Waals surface area (Å²) in [6.45, 7) is 9.72. The second-order valence-electron chi connectivity index (χ2n) is 6.37. The summed E-state index contributed by atoms with van der Waals surface area (Å²) in [4.78, 5) is 24.6. The van der Waals surface area contributed by atoms with Gasteiger partial charge in [-0.05, 0) is 45.1 Å². The first-order valence-electron chi connectivity index (χ1n) is 7.86. The summed E-state index contributed by atoms with van der Waals surface area (Å²) in [5.74, 6) is -0.0837. The normalized spacial score (nSPS) is 20.5. The molecular weight excluding hydrogens is 270 g/mol. The number of hydrogen-bond acceptors (Lipinski definition) is 3. The van der Waals surface area contributed by atoms with Gasteiger partial charge in [-0.15, -0.1) is 0 Å². The van der Waals surface area contributed by atoms with Gasteiger partial charge in [0, 0.05) is 32.1 Å². The van der Waals surface area contributed by atoms with Gasteiger partial charge in [-0.3, -0.25) is 4.79 Å². The average Bonchev–Trinajstić information content (AvgIpc) is 2.89. The van der Waals surface area contributed by atoms with Gasteiger partial charge in [0.15, 0.2) is 0 Å². The van der Waals surface area contributed by atoms with Crippen molar-refractivity contribution in [1.82, 2.24) is 15.5 Å². The summed E-state index contributed by atoms with van der Waals surface area (Å²) in [6.07, 6.45) is 1.87. The number of carbonyl (C=O) groups excluding carboxylic acids is 1. The van der Waals surface area contributed by atoms with Gasteiger partial charge in [-0.1, -0.05) is 6.92 Å². The van der Waals surface area contributed by atoms with Crippen LogP contribution in [0.25, 0.3) is 0 Å². The predicted octanol–water partition coefficient (Wildman–Crippen LogP) is 1.52. The molecule has 0 aliphatic carbocycles. The summed E-state index contributed by atoms with van der Waals surface area (Å²) in [7, 11) is 0. The molecular formula is C15H29N3O3. The third-order valence-corrected chi connectivity index (χ3v) is 4.06. The third-order valence-electron chi connectivity index (χ3n) is 4.06. The van der Waals surface area contributed by atoms with E-state index in [9.17, 15) is 9.59 Å². The van der Waals surface area contributed by atoms with Crippen molar-refractivity contribution in [2.75, 3.05) is 26.2 Å². The molecule has 0 aromatic heterocycles. The molecule has 1 heterocycles. The van der Waals surface area contributed by atoms with Crippen LogP contribution in [0.3, 0.4) is 0 Å². The molecule has 1 saturated heterocycles. The monoisotopic (exact) mass is 299 g/mol. The van der Waals surface area contributed by atoms with E-state index >= 15 is 0 Å². The molecule has 0 saturated carbocycles. The van der Waals surface area contributed by atoms with E-state index in [0.29, 0.717) is 31.5 Å². The van der Waals surface area contributed by atoms with Gasteiger partial charge in [0.05, 0.1) is 0 Å². The Morgan fingerprint density at radius 3 is 2.57 bits per heavy atom. The highest BCUT2D eigenvalue weighted by atomic mass is 16.4. The number of carboxylic acids is 1. The van der Waals surface area contributed by atoms with Crippen molar-refractivity contribution in [2.24, 2.45) is 11.8 Å². The summed E-state index contributed by atoms with van der Waals surface area (Å²) < 4.78 is 0. The van der Waals surface area contributed by atoms with Crippen LogP contribution in [0.5, 0.6) is 0 Å².